The van der Waals surface area contributed by atoms with Crippen LogP contribution in [0.3, 0.4) is 0 Å². The van der Waals surface area contributed by atoms with Gasteiger partial charge < -0.3 is 20.6 Å². The van der Waals surface area contributed by atoms with Crippen molar-refractivity contribution in [1.29, 1.82) is 0 Å². The summed E-state index contributed by atoms with van der Waals surface area (Å²) in [6.45, 7) is 8.27. The molecule has 156 valence electrons. The average Bonchev–Trinajstić information content (AvgIpc) is 3.12. The Morgan fingerprint density at radius 1 is 1.32 bits per heavy atom. The zero-order chi connectivity index (χ0) is 19.2. The van der Waals surface area contributed by atoms with Crippen molar-refractivity contribution in [1.82, 2.24) is 15.5 Å². The largest absolute Gasteiger partial charge is 0.386 e. The number of thiophene rings is 1. The van der Waals surface area contributed by atoms with Gasteiger partial charge in [-0.1, -0.05) is 18.2 Å². The number of fused-ring (bicyclic) bond motifs is 1. The molecule has 0 bridgehead atoms. The smallest absolute Gasteiger partial charge is 0.191 e. The van der Waals surface area contributed by atoms with E-state index in [0.29, 0.717) is 18.5 Å². The summed E-state index contributed by atoms with van der Waals surface area (Å²) in [5.74, 6) is 1.41. The first-order valence-electron chi connectivity index (χ1n) is 9.92. The Morgan fingerprint density at radius 3 is 2.82 bits per heavy atom. The molecule has 2 heterocycles. The molecule has 0 aliphatic carbocycles. The number of aliphatic imine (C=N–C) groups is 1. The third kappa shape index (κ3) is 6.30. The number of halogens is 1. The molecule has 0 spiro atoms. The van der Waals surface area contributed by atoms with Crippen molar-refractivity contribution in [2.24, 2.45) is 10.9 Å². The van der Waals surface area contributed by atoms with E-state index in [9.17, 15) is 5.11 Å². The number of guanidine groups is 1. The summed E-state index contributed by atoms with van der Waals surface area (Å²) < 4.78 is 1.21. The van der Waals surface area contributed by atoms with Crippen molar-refractivity contribution in [3.8, 4) is 0 Å². The lowest BCUT2D eigenvalue weighted by Crippen LogP contribution is -2.46. The van der Waals surface area contributed by atoms with E-state index in [1.165, 1.54) is 29.5 Å². The van der Waals surface area contributed by atoms with Crippen molar-refractivity contribution in [2.75, 3.05) is 33.2 Å². The highest BCUT2D eigenvalue weighted by Gasteiger charge is 2.21. The molecule has 2 unspecified atom stereocenters. The number of nitrogens with one attached hydrogen (secondary N) is 2. The molecule has 1 aliphatic rings. The minimum Gasteiger partial charge on any atom is -0.386 e. The molecular formula is C21H33IN4OS. The molecule has 7 heteroatoms. The van der Waals surface area contributed by atoms with Gasteiger partial charge in [0.2, 0.25) is 0 Å². The van der Waals surface area contributed by atoms with Gasteiger partial charge in [-0.25, -0.2) is 0 Å². The van der Waals surface area contributed by atoms with Gasteiger partial charge in [-0.15, -0.1) is 35.3 Å². The van der Waals surface area contributed by atoms with Crippen LogP contribution >= 0.6 is 35.3 Å². The zero-order valence-electron chi connectivity index (χ0n) is 17.0. The fourth-order valence-electron chi connectivity index (χ4n) is 3.66. The Morgan fingerprint density at radius 2 is 2.11 bits per heavy atom. The summed E-state index contributed by atoms with van der Waals surface area (Å²) in [4.78, 5) is 7.85. The molecule has 3 rings (SSSR count). The van der Waals surface area contributed by atoms with Crippen LogP contribution in [0.5, 0.6) is 0 Å². The molecule has 0 amide bonds. The molecule has 3 N–H and O–H groups in total. The predicted octanol–water partition coefficient (Wildman–Crippen LogP) is 3.84. The van der Waals surface area contributed by atoms with E-state index in [2.05, 4.69) is 52.6 Å². The maximum Gasteiger partial charge on any atom is 0.191 e. The number of nitrogens with zero attached hydrogens (tertiary/aromatic N) is 2. The van der Waals surface area contributed by atoms with Crippen molar-refractivity contribution < 1.29 is 5.11 Å². The Hall–Kier alpha value is -0.900. The molecule has 2 atom stereocenters. The summed E-state index contributed by atoms with van der Waals surface area (Å²) in [6, 6.07) is 10.9. The Balaban J connectivity index is 0.00000280. The van der Waals surface area contributed by atoms with Gasteiger partial charge in [0, 0.05) is 42.3 Å². The first-order chi connectivity index (χ1) is 13.1. The monoisotopic (exact) mass is 516 g/mol. The lowest BCUT2D eigenvalue weighted by Gasteiger charge is -2.35. The lowest BCUT2D eigenvalue weighted by molar-refractivity contribution is 0.141. The number of hydrogen-bond acceptors (Lipinski definition) is 4. The third-order valence-corrected chi connectivity index (χ3v) is 6.52. The number of aliphatic hydroxyl groups excluding tert-OH is 1. The van der Waals surface area contributed by atoms with Gasteiger partial charge in [-0.05, 0) is 56.7 Å². The zero-order valence-corrected chi connectivity index (χ0v) is 20.2. The lowest BCUT2D eigenvalue weighted by atomic mass is 9.97. The Labute approximate surface area is 189 Å². The molecular weight excluding hydrogens is 483 g/mol. The normalized spacial score (nSPS) is 19.5. The molecule has 1 saturated heterocycles. The van der Waals surface area contributed by atoms with Gasteiger partial charge in [-0.3, -0.25) is 4.99 Å². The SMILES string of the molecule is CN=C(NCC1CCCN(C(C)C)C1)NCC(O)c1cc2ccccc2s1.I. The third-order valence-electron chi connectivity index (χ3n) is 5.30. The minimum atomic E-state index is -0.535. The predicted molar refractivity (Wildman–Crippen MR) is 131 cm³/mol. The standard InChI is InChI=1S/C21H32N4OS.HI/c1-15(2)25-10-6-7-16(14-25)12-23-21(22-3)24-13-18(26)20-11-17-8-4-5-9-19(17)27-20;/h4-5,8-9,11,15-16,18,26H,6-7,10,12-14H2,1-3H3,(H2,22,23,24);1H. The van der Waals surface area contributed by atoms with Crippen molar-refractivity contribution in [3.05, 3.63) is 35.2 Å². The molecule has 1 aromatic carbocycles. The molecule has 2 aromatic rings. The number of piperidine rings is 1. The van der Waals surface area contributed by atoms with Crippen molar-refractivity contribution >= 4 is 51.4 Å². The number of hydrogen-bond donors (Lipinski definition) is 3. The van der Waals surface area contributed by atoms with E-state index in [4.69, 9.17) is 0 Å². The van der Waals surface area contributed by atoms with E-state index in [0.717, 1.165) is 23.9 Å². The fourth-order valence-corrected chi connectivity index (χ4v) is 4.71. The van der Waals surface area contributed by atoms with Crippen LogP contribution in [0.25, 0.3) is 10.1 Å². The van der Waals surface area contributed by atoms with E-state index >= 15 is 0 Å². The molecule has 1 aliphatic heterocycles. The fraction of sp³-hybridized carbons (Fsp3) is 0.571. The minimum absolute atomic E-state index is 0. The first kappa shape index (κ1) is 23.4. The van der Waals surface area contributed by atoms with Crippen molar-refractivity contribution in [2.45, 2.75) is 38.8 Å². The summed E-state index contributed by atoms with van der Waals surface area (Å²) in [5.41, 5.74) is 0. The van der Waals surface area contributed by atoms with E-state index in [1.54, 1.807) is 18.4 Å². The quantitative estimate of drug-likeness (QED) is 0.310. The van der Waals surface area contributed by atoms with Gasteiger partial charge in [-0.2, -0.15) is 0 Å². The summed E-state index contributed by atoms with van der Waals surface area (Å²) >= 11 is 1.65. The molecule has 5 nitrogen and oxygen atoms in total. The van der Waals surface area contributed by atoms with Crippen LogP contribution in [0.15, 0.2) is 35.3 Å². The van der Waals surface area contributed by atoms with Crippen molar-refractivity contribution in [3.63, 3.8) is 0 Å². The molecule has 1 fully saturated rings. The highest BCUT2D eigenvalue weighted by molar-refractivity contribution is 14.0. The van der Waals surface area contributed by atoms with Gasteiger partial charge in [0.1, 0.15) is 6.10 Å². The molecule has 1 aromatic heterocycles. The molecule has 0 radical (unpaired) electrons. The Kier molecular flexibility index (Phi) is 9.46. The van der Waals surface area contributed by atoms with E-state index in [-0.39, 0.29) is 24.0 Å². The summed E-state index contributed by atoms with van der Waals surface area (Å²) in [7, 11) is 1.78. The summed E-state index contributed by atoms with van der Waals surface area (Å²) in [6.07, 6.45) is 1.99. The van der Waals surface area contributed by atoms with Crippen LogP contribution in [0, 0.1) is 5.92 Å². The number of benzene rings is 1. The second-order valence-electron chi connectivity index (χ2n) is 7.63. The first-order valence-corrected chi connectivity index (χ1v) is 10.7. The molecule has 28 heavy (non-hydrogen) atoms. The van der Waals surface area contributed by atoms with E-state index in [1.807, 2.05) is 12.1 Å². The van der Waals surface area contributed by atoms with Crippen LogP contribution in [0.4, 0.5) is 0 Å². The summed E-state index contributed by atoms with van der Waals surface area (Å²) in [5, 5.41) is 18.4. The van der Waals surface area contributed by atoms with Crippen LogP contribution in [-0.2, 0) is 0 Å². The van der Waals surface area contributed by atoms with Crippen LogP contribution in [0.1, 0.15) is 37.7 Å². The number of likely N-dealkylation sites (tertiary alicyclic amines) is 1. The second-order valence-corrected chi connectivity index (χ2v) is 8.75. The van der Waals surface area contributed by atoms with Gasteiger partial charge in [0.05, 0.1) is 0 Å². The van der Waals surface area contributed by atoms with Gasteiger partial charge >= 0.3 is 0 Å². The van der Waals surface area contributed by atoms with Gasteiger partial charge in [0.15, 0.2) is 5.96 Å². The van der Waals surface area contributed by atoms with Gasteiger partial charge in [0.25, 0.3) is 0 Å². The van der Waals surface area contributed by atoms with Crippen LogP contribution < -0.4 is 10.6 Å². The highest BCUT2D eigenvalue weighted by atomic mass is 127. The number of aliphatic hydroxyl groups is 1. The number of rotatable bonds is 6. The maximum atomic E-state index is 10.5. The maximum absolute atomic E-state index is 10.5. The Bertz CT molecular complexity index is 731. The highest BCUT2D eigenvalue weighted by Crippen LogP contribution is 2.29. The van der Waals surface area contributed by atoms with Crippen LogP contribution in [-0.4, -0.2) is 55.2 Å². The average molecular weight is 516 g/mol. The topological polar surface area (TPSA) is 59.9 Å². The molecule has 0 saturated carbocycles. The van der Waals surface area contributed by atoms with E-state index < -0.39 is 6.10 Å². The van der Waals surface area contributed by atoms with Crippen LogP contribution in [0.2, 0.25) is 0 Å². The second kappa shape index (κ2) is 11.3.